The molecule has 0 aromatic rings. The van der Waals surface area contributed by atoms with Crippen LogP contribution >= 0.6 is 22.6 Å². The van der Waals surface area contributed by atoms with E-state index in [1.165, 1.54) is 6.92 Å². The monoisotopic (exact) mass is 364 g/mol. The van der Waals surface area contributed by atoms with Crippen molar-refractivity contribution in [1.82, 2.24) is 0 Å². The number of carbonyl (C=O) groups is 1. The van der Waals surface area contributed by atoms with Gasteiger partial charge in [0.1, 0.15) is 6.61 Å². The molecule has 102 valence electrons. The van der Waals surface area contributed by atoms with Crippen LogP contribution in [0, 0.1) is 5.92 Å². The van der Waals surface area contributed by atoms with E-state index in [9.17, 15) is 9.90 Å². The lowest BCUT2D eigenvalue weighted by Gasteiger charge is -2.11. The predicted molar refractivity (Wildman–Crippen MR) is 82.5 cm³/mol. The van der Waals surface area contributed by atoms with Crippen LogP contribution in [-0.4, -0.2) is 23.8 Å². The molecular formula is C14H21IO3. The summed E-state index contributed by atoms with van der Waals surface area (Å²) in [6.45, 7) is 7.54. The van der Waals surface area contributed by atoms with Gasteiger partial charge in [-0.05, 0) is 29.6 Å². The summed E-state index contributed by atoms with van der Waals surface area (Å²) in [5.41, 5.74) is 2.03. The van der Waals surface area contributed by atoms with Crippen molar-refractivity contribution in [2.75, 3.05) is 6.61 Å². The topological polar surface area (TPSA) is 46.5 Å². The highest BCUT2D eigenvalue weighted by atomic mass is 127. The number of rotatable bonds is 6. The molecule has 18 heavy (non-hydrogen) atoms. The first-order chi connectivity index (χ1) is 8.36. The molecule has 0 aliphatic heterocycles. The van der Waals surface area contributed by atoms with Crippen molar-refractivity contribution < 1.29 is 14.6 Å². The van der Waals surface area contributed by atoms with Gasteiger partial charge in [0.05, 0.1) is 6.10 Å². The normalized spacial score (nSPS) is 16.8. The van der Waals surface area contributed by atoms with Crippen LogP contribution in [0.2, 0.25) is 0 Å². The van der Waals surface area contributed by atoms with Crippen molar-refractivity contribution in [3.05, 3.63) is 33.5 Å². The molecule has 0 heterocycles. The van der Waals surface area contributed by atoms with E-state index in [2.05, 4.69) is 22.6 Å². The van der Waals surface area contributed by atoms with Crippen molar-refractivity contribution in [2.45, 2.75) is 33.8 Å². The summed E-state index contributed by atoms with van der Waals surface area (Å²) in [6, 6.07) is 0. The minimum absolute atomic E-state index is 0.0498. The smallest absolute Gasteiger partial charge is 0.302 e. The quantitative estimate of drug-likeness (QED) is 0.447. The van der Waals surface area contributed by atoms with Gasteiger partial charge in [-0.2, -0.15) is 0 Å². The van der Waals surface area contributed by atoms with Crippen LogP contribution in [0.3, 0.4) is 0 Å². The Balaban J connectivity index is 4.49. The first-order valence-corrected chi connectivity index (χ1v) is 7.05. The molecule has 0 rings (SSSR count). The molecule has 1 N–H and O–H groups in total. The highest BCUT2D eigenvalue weighted by Crippen LogP contribution is 2.12. The maximum absolute atomic E-state index is 10.7. The van der Waals surface area contributed by atoms with Crippen LogP contribution < -0.4 is 0 Å². The maximum atomic E-state index is 10.7. The SMILES string of the molecule is CC(=O)OC/C(C)=C/C(C)=C/[C@@H](C)[C@H](O)/C=C/I. The van der Waals surface area contributed by atoms with Gasteiger partial charge in [-0.1, -0.05) is 47.2 Å². The third-order valence-electron chi connectivity index (χ3n) is 2.31. The highest BCUT2D eigenvalue weighted by molar-refractivity contribution is 14.1. The van der Waals surface area contributed by atoms with Crippen LogP contribution in [0.1, 0.15) is 27.7 Å². The van der Waals surface area contributed by atoms with Gasteiger partial charge in [0.15, 0.2) is 0 Å². The van der Waals surface area contributed by atoms with Gasteiger partial charge in [-0.15, -0.1) is 0 Å². The minimum atomic E-state index is -0.473. The summed E-state index contributed by atoms with van der Waals surface area (Å²) in [5, 5.41) is 9.75. The molecule has 4 heteroatoms. The molecule has 0 saturated carbocycles. The number of hydrogen-bond donors (Lipinski definition) is 1. The third-order valence-corrected chi connectivity index (χ3v) is 2.73. The number of halogens is 1. The van der Waals surface area contributed by atoms with Crippen molar-refractivity contribution in [2.24, 2.45) is 5.92 Å². The second-order valence-electron chi connectivity index (χ2n) is 4.35. The van der Waals surface area contributed by atoms with E-state index in [0.717, 1.165) is 11.1 Å². The summed E-state index contributed by atoms with van der Waals surface area (Å²) in [4.78, 5) is 10.7. The van der Waals surface area contributed by atoms with E-state index in [-0.39, 0.29) is 11.9 Å². The lowest BCUT2D eigenvalue weighted by atomic mass is 10.0. The average molecular weight is 364 g/mol. The molecule has 3 nitrogen and oxygen atoms in total. The number of hydrogen-bond acceptors (Lipinski definition) is 3. The second kappa shape index (κ2) is 9.33. The fraction of sp³-hybridized carbons (Fsp3) is 0.500. The van der Waals surface area contributed by atoms with Gasteiger partial charge in [0, 0.05) is 12.8 Å². The number of allylic oxidation sites excluding steroid dienone is 2. The highest BCUT2D eigenvalue weighted by Gasteiger charge is 2.07. The Bertz CT molecular complexity index is 356. The van der Waals surface area contributed by atoms with Crippen LogP contribution in [0.15, 0.2) is 33.5 Å². The molecule has 2 atom stereocenters. The summed E-state index contributed by atoms with van der Waals surface area (Å²) in [5.74, 6) is -0.228. The fourth-order valence-corrected chi connectivity index (χ4v) is 1.88. The van der Waals surface area contributed by atoms with Gasteiger partial charge < -0.3 is 9.84 Å². The molecule has 0 aromatic carbocycles. The van der Waals surface area contributed by atoms with Crippen molar-refractivity contribution in [3.63, 3.8) is 0 Å². The molecule has 0 fully saturated rings. The molecule has 0 aromatic heterocycles. The van der Waals surface area contributed by atoms with E-state index in [4.69, 9.17) is 4.74 Å². The van der Waals surface area contributed by atoms with E-state index >= 15 is 0 Å². The summed E-state index contributed by atoms with van der Waals surface area (Å²) in [7, 11) is 0. The molecule has 0 amide bonds. The Morgan fingerprint density at radius 3 is 2.50 bits per heavy atom. The van der Waals surface area contributed by atoms with E-state index in [1.54, 1.807) is 6.08 Å². The lowest BCUT2D eigenvalue weighted by Crippen LogP contribution is -2.12. The van der Waals surface area contributed by atoms with Crippen molar-refractivity contribution >= 4 is 28.6 Å². The molecule has 0 spiro atoms. The number of esters is 1. The van der Waals surface area contributed by atoms with Gasteiger partial charge in [-0.3, -0.25) is 4.79 Å². The van der Waals surface area contributed by atoms with Crippen LogP contribution in [0.5, 0.6) is 0 Å². The number of carbonyl (C=O) groups excluding carboxylic acids is 1. The zero-order valence-corrected chi connectivity index (χ0v) is 13.5. The number of aliphatic hydroxyl groups excluding tert-OH is 1. The number of aliphatic hydroxyl groups is 1. The van der Waals surface area contributed by atoms with Crippen LogP contribution in [0.4, 0.5) is 0 Å². The average Bonchev–Trinajstić information content (AvgIpc) is 2.26. The second-order valence-corrected chi connectivity index (χ2v) is 5.07. The van der Waals surface area contributed by atoms with Crippen molar-refractivity contribution in [1.29, 1.82) is 0 Å². The molecule has 0 radical (unpaired) electrons. The van der Waals surface area contributed by atoms with Gasteiger partial charge in [-0.25, -0.2) is 0 Å². The molecule has 0 aliphatic rings. The maximum Gasteiger partial charge on any atom is 0.302 e. The first-order valence-electron chi connectivity index (χ1n) is 5.80. The van der Waals surface area contributed by atoms with Gasteiger partial charge >= 0.3 is 5.97 Å². The van der Waals surface area contributed by atoms with Crippen LogP contribution in [-0.2, 0) is 9.53 Å². The molecule has 0 bridgehead atoms. The zero-order chi connectivity index (χ0) is 14.1. The Kier molecular flexibility index (Phi) is 9.01. The Morgan fingerprint density at radius 1 is 1.39 bits per heavy atom. The Labute approximate surface area is 123 Å². The summed E-state index contributed by atoms with van der Waals surface area (Å²) < 4.78 is 6.71. The third kappa shape index (κ3) is 8.47. The van der Waals surface area contributed by atoms with Gasteiger partial charge in [0.25, 0.3) is 0 Å². The zero-order valence-electron chi connectivity index (χ0n) is 11.3. The molecule has 0 aliphatic carbocycles. The largest absolute Gasteiger partial charge is 0.461 e. The lowest BCUT2D eigenvalue weighted by molar-refractivity contribution is -0.139. The summed E-state index contributed by atoms with van der Waals surface area (Å²) >= 11 is 2.09. The summed E-state index contributed by atoms with van der Waals surface area (Å²) in [6.07, 6.45) is 5.24. The number of ether oxygens (including phenoxy) is 1. The molecule has 0 unspecified atom stereocenters. The standard InChI is InChI=1S/C14H21IO3/c1-10(7-11(2)9-18-13(4)16)8-12(3)14(17)5-6-15/h5-8,12,14,17H,9H2,1-4H3/b6-5+,10-8+,11-7+/t12-,14-/m1/s1. The van der Waals surface area contributed by atoms with E-state index < -0.39 is 6.10 Å². The molecular weight excluding hydrogens is 343 g/mol. The fourth-order valence-electron chi connectivity index (χ4n) is 1.46. The van der Waals surface area contributed by atoms with Gasteiger partial charge in [0.2, 0.25) is 0 Å². The van der Waals surface area contributed by atoms with Crippen molar-refractivity contribution in [3.8, 4) is 0 Å². The van der Waals surface area contributed by atoms with Crippen LogP contribution in [0.25, 0.3) is 0 Å². The molecule has 0 saturated heterocycles. The van der Waals surface area contributed by atoms with E-state index in [1.807, 2.05) is 37.0 Å². The van der Waals surface area contributed by atoms with E-state index in [0.29, 0.717) is 6.61 Å². The minimum Gasteiger partial charge on any atom is -0.461 e. The Hall–Kier alpha value is -0.620. The Morgan fingerprint density at radius 2 is 2.00 bits per heavy atom. The predicted octanol–water partition coefficient (Wildman–Crippen LogP) is 3.39. The first kappa shape index (κ1) is 17.4.